The molecule has 0 aliphatic carbocycles. The van der Waals surface area contributed by atoms with Gasteiger partial charge in [-0.25, -0.2) is 0 Å². The van der Waals surface area contributed by atoms with Gasteiger partial charge in [0.2, 0.25) is 5.91 Å². The van der Waals surface area contributed by atoms with Crippen LogP contribution in [0, 0.1) is 5.92 Å². The molecule has 1 atom stereocenters. The predicted octanol–water partition coefficient (Wildman–Crippen LogP) is 1.57. The van der Waals surface area contributed by atoms with E-state index < -0.39 is 5.97 Å². The first-order valence-electron chi connectivity index (χ1n) is 5.14. The topological polar surface area (TPSA) is 66.4 Å². The first-order valence-corrected chi connectivity index (χ1v) is 5.14. The number of hydrogen-bond donors (Lipinski definition) is 2. The zero-order valence-corrected chi connectivity index (χ0v) is 9.54. The van der Waals surface area contributed by atoms with Crippen molar-refractivity contribution < 1.29 is 14.7 Å². The van der Waals surface area contributed by atoms with Crippen LogP contribution < -0.4 is 5.32 Å². The summed E-state index contributed by atoms with van der Waals surface area (Å²) in [5, 5.41) is 11.2. The van der Waals surface area contributed by atoms with Gasteiger partial charge in [0.1, 0.15) is 0 Å². The zero-order valence-electron chi connectivity index (χ0n) is 9.54. The molecule has 15 heavy (non-hydrogen) atoms. The fraction of sp³-hybridized carbons (Fsp3) is 0.636. The van der Waals surface area contributed by atoms with Crippen molar-refractivity contribution in [2.45, 2.75) is 33.6 Å². The van der Waals surface area contributed by atoms with Crippen LogP contribution in [0.2, 0.25) is 0 Å². The third kappa shape index (κ3) is 6.71. The number of amides is 1. The predicted molar refractivity (Wildman–Crippen MR) is 58.5 cm³/mol. The van der Waals surface area contributed by atoms with E-state index in [1.54, 1.807) is 13.8 Å². The van der Waals surface area contributed by atoms with Crippen LogP contribution in [0.5, 0.6) is 0 Å². The molecule has 1 unspecified atom stereocenters. The maximum Gasteiger partial charge on any atom is 0.303 e. The molecule has 86 valence electrons. The summed E-state index contributed by atoms with van der Waals surface area (Å²) in [5.74, 6) is -0.993. The number of carboxylic acids is 1. The molecule has 0 heterocycles. The van der Waals surface area contributed by atoms with Crippen LogP contribution in [-0.2, 0) is 9.59 Å². The van der Waals surface area contributed by atoms with E-state index in [0.717, 1.165) is 6.42 Å². The smallest absolute Gasteiger partial charge is 0.303 e. The number of rotatable bonds is 6. The monoisotopic (exact) mass is 213 g/mol. The largest absolute Gasteiger partial charge is 0.481 e. The normalized spacial score (nSPS) is 13.4. The van der Waals surface area contributed by atoms with Crippen molar-refractivity contribution in [2.75, 3.05) is 6.54 Å². The summed E-state index contributed by atoms with van der Waals surface area (Å²) < 4.78 is 0. The van der Waals surface area contributed by atoms with Gasteiger partial charge in [-0.1, -0.05) is 19.9 Å². The summed E-state index contributed by atoms with van der Waals surface area (Å²) in [6.07, 6.45) is 2.75. The third-order valence-corrected chi connectivity index (χ3v) is 2.00. The van der Waals surface area contributed by atoms with Crippen LogP contribution >= 0.6 is 0 Å². The fourth-order valence-electron chi connectivity index (χ4n) is 1.18. The average Bonchev–Trinajstić information content (AvgIpc) is 2.13. The molecule has 0 saturated carbocycles. The van der Waals surface area contributed by atoms with E-state index in [0.29, 0.717) is 12.1 Å². The molecule has 0 aliphatic rings. The molecule has 0 bridgehead atoms. The van der Waals surface area contributed by atoms with Gasteiger partial charge in [-0.2, -0.15) is 0 Å². The SMILES string of the molecule is CC/C=C(/C)C(=O)NCC(C)CC(=O)O. The second kappa shape index (κ2) is 7.04. The van der Waals surface area contributed by atoms with Crippen molar-refractivity contribution in [3.63, 3.8) is 0 Å². The zero-order chi connectivity index (χ0) is 11.8. The Balaban J connectivity index is 3.90. The van der Waals surface area contributed by atoms with Gasteiger partial charge in [-0.3, -0.25) is 9.59 Å². The van der Waals surface area contributed by atoms with Crippen molar-refractivity contribution in [2.24, 2.45) is 5.92 Å². The highest BCUT2D eigenvalue weighted by atomic mass is 16.4. The number of carbonyl (C=O) groups is 2. The van der Waals surface area contributed by atoms with Crippen molar-refractivity contribution in [1.29, 1.82) is 0 Å². The van der Waals surface area contributed by atoms with Gasteiger partial charge in [0.25, 0.3) is 0 Å². The van der Waals surface area contributed by atoms with Crippen LogP contribution in [0.1, 0.15) is 33.6 Å². The maximum atomic E-state index is 11.4. The first-order chi connectivity index (χ1) is 6.97. The second-order valence-corrected chi connectivity index (χ2v) is 3.71. The van der Waals surface area contributed by atoms with Crippen LogP contribution in [0.4, 0.5) is 0 Å². The summed E-state index contributed by atoms with van der Waals surface area (Å²) in [6.45, 7) is 5.91. The van der Waals surface area contributed by atoms with Crippen molar-refractivity contribution in [3.8, 4) is 0 Å². The fourth-order valence-corrected chi connectivity index (χ4v) is 1.18. The standard InChI is InChI=1S/C11H19NO3/c1-4-5-9(3)11(15)12-7-8(2)6-10(13)14/h5,8H,4,6-7H2,1-3H3,(H,12,15)(H,13,14)/b9-5-. The van der Waals surface area contributed by atoms with E-state index in [1.807, 2.05) is 13.0 Å². The molecule has 0 aromatic heterocycles. The third-order valence-electron chi connectivity index (χ3n) is 2.00. The lowest BCUT2D eigenvalue weighted by Gasteiger charge is -2.10. The minimum atomic E-state index is -0.836. The quantitative estimate of drug-likeness (QED) is 0.658. The second-order valence-electron chi connectivity index (χ2n) is 3.71. The average molecular weight is 213 g/mol. The highest BCUT2D eigenvalue weighted by Crippen LogP contribution is 2.01. The Kier molecular flexibility index (Phi) is 6.42. The Morgan fingerprint density at radius 2 is 2.07 bits per heavy atom. The maximum absolute atomic E-state index is 11.4. The number of nitrogens with one attached hydrogen (secondary N) is 1. The van der Waals surface area contributed by atoms with Crippen LogP contribution in [0.3, 0.4) is 0 Å². The number of hydrogen-bond acceptors (Lipinski definition) is 2. The molecule has 0 fully saturated rings. The van der Waals surface area contributed by atoms with Crippen molar-refractivity contribution in [1.82, 2.24) is 5.32 Å². The van der Waals surface area contributed by atoms with E-state index in [4.69, 9.17) is 5.11 Å². The molecule has 0 rings (SSSR count). The highest BCUT2D eigenvalue weighted by Gasteiger charge is 2.09. The Morgan fingerprint density at radius 1 is 1.47 bits per heavy atom. The van der Waals surface area contributed by atoms with E-state index >= 15 is 0 Å². The number of carbonyl (C=O) groups excluding carboxylic acids is 1. The summed E-state index contributed by atoms with van der Waals surface area (Å²) in [6, 6.07) is 0. The van der Waals surface area contributed by atoms with Gasteiger partial charge in [0.15, 0.2) is 0 Å². The molecule has 2 N–H and O–H groups in total. The molecule has 0 saturated heterocycles. The summed E-state index contributed by atoms with van der Waals surface area (Å²) in [5.41, 5.74) is 0.681. The number of allylic oxidation sites excluding steroid dienone is 1. The lowest BCUT2D eigenvalue weighted by Crippen LogP contribution is -2.29. The van der Waals surface area contributed by atoms with Crippen LogP contribution in [0.15, 0.2) is 11.6 Å². The highest BCUT2D eigenvalue weighted by molar-refractivity contribution is 5.92. The van der Waals surface area contributed by atoms with Crippen molar-refractivity contribution >= 4 is 11.9 Å². The van der Waals surface area contributed by atoms with Gasteiger partial charge < -0.3 is 10.4 Å². The molecule has 1 amide bonds. The van der Waals surface area contributed by atoms with E-state index in [9.17, 15) is 9.59 Å². The summed E-state index contributed by atoms with van der Waals surface area (Å²) in [7, 11) is 0. The molecule has 0 aliphatic heterocycles. The first kappa shape index (κ1) is 13.7. The molecule has 0 aromatic carbocycles. The van der Waals surface area contributed by atoms with E-state index in [1.165, 1.54) is 0 Å². The molecule has 0 aromatic rings. The minimum absolute atomic E-state index is 0.0409. The number of aliphatic carboxylic acids is 1. The molecular formula is C11H19NO3. The Hall–Kier alpha value is -1.32. The Labute approximate surface area is 90.4 Å². The van der Waals surface area contributed by atoms with Gasteiger partial charge in [-0.05, 0) is 19.3 Å². The van der Waals surface area contributed by atoms with Gasteiger partial charge in [-0.15, -0.1) is 0 Å². The lowest BCUT2D eigenvalue weighted by atomic mass is 10.1. The van der Waals surface area contributed by atoms with Crippen molar-refractivity contribution in [3.05, 3.63) is 11.6 Å². The molecule has 4 heteroatoms. The molecular weight excluding hydrogens is 194 g/mol. The molecule has 4 nitrogen and oxygen atoms in total. The molecule has 0 radical (unpaired) electrons. The lowest BCUT2D eigenvalue weighted by molar-refractivity contribution is -0.138. The number of carboxylic acid groups (broad SMARTS) is 1. The van der Waals surface area contributed by atoms with Gasteiger partial charge >= 0.3 is 5.97 Å². The van der Waals surface area contributed by atoms with Crippen LogP contribution in [-0.4, -0.2) is 23.5 Å². The summed E-state index contributed by atoms with van der Waals surface area (Å²) in [4.78, 5) is 21.8. The Bertz CT molecular complexity index is 259. The van der Waals surface area contributed by atoms with Gasteiger partial charge in [0.05, 0.1) is 0 Å². The van der Waals surface area contributed by atoms with E-state index in [-0.39, 0.29) is 18.2 Å². The summed E-state index contributed by atoms with van der Waals surface area (Å²) >= 11 is 0. The van der Waals surface area contributed by atoms with Gasteiger partial charge in [0, 0.05) is 18.5 Å². The van der Waals surface area contributed by atoms with E-state index in [2.05, 4.69) is 5.32 Å². The Morgan fingerprint density at radius 3 is 2.53 bits per heavy atom. The minimum Gasteiger partial charge on any atom is -0.481 e. The van der Waals surface area contributed by atoms with Crippen LogP contribution in [0.25, 0.3) is 0 Å². The molecule has 0 spiro atoms.